The first-order valence-corrected chi connectivity index (χ1v) is 10.2. The van der Waals surface area contributed by atoms with Crippen molar-refractivity contribution in [3.05, 3.63) is 59.2 Å². The van der Waals surface area contributed by atoms with Gasteiger partial charge in [-0.2, -0.15) is 5.10 Å². The summed E-state index contributed by atoms with van der Waals surface area (Å²) >= 11 is 5.99. The van der Waals surface area contributed by atoms with Crippen LogP contribution >= 0.6 is 11.6 Å². The second-order valence-electron chi connectivity index (χ2n) is 6.03. The molecule has 150 valence electrons. The van der Waals surface area contributed by atoms with Crippen molar-refractivity contribution in [2.24, 2.45) is 0 Å². The number of anilines is 2. The van der Waals surface area contributed by atoms with Crippen molar-refractivity contribution >= 4 is 39.0 Å². The van der Waals surface area contributed by atoms with E-state index in [1.165, 1.54) is 37.6 Å². The summed E-state index contributed by atoms with van der Waals surface area (Å²) < 4.78 is 38.2. The van der Waals surface area contributed by atoms with E-state index in [9.17, 15) is 13.2 Å². The van der Waals surface area contributed by atoms with Gasteiger partial charge in [0.25, 0.3) is 15.9 Å². The highest BCUT2D eigenvalue weighted by Gasteiger charge is 2.35. The molecule has 2 N–H and O–H groups in total. The molecule has 3 aromatic rings. The zero-order chi connectivity index (χ0) is 20.6. The Morgan fingerprint density at radius 2 is 2.10 bits per heavy atom. The number of rotatable bonds is 5. The van der Waals surface area contributed by atoms with Crippen LogP contribution in [0.15, 0.2) is 53.6 Å². The molecule has 29 heavy (non-hydrogen) atoms. The van der Waals surface area contributed by atoms with E-state index in [1.54, 1.807) is 18.2 Å². The molecular formula is C18H15ClN4O5S. The van der Waals surface area contributed by atoms with E-state index in [0.717, 1.165) is 4.31 Å². The van der Waals surface area contributed by atoms with Crippen molar-refractivity contribution in [3.8, 4) is 11.5 Å². The van der Waals surface area contributed by atoms with Gasteiger partial charge in [-0.3, -0.25) is 9.89 Å². The molecule has 2 heterocycles. The maximum absolute atomic E-state index is 13.3. The molecule has 1 aromatic heterocycles. The summed E-state index contributed by atoms with van der Waals surface area (Å²) in [4.78, 5) is 12.4. The fourth-order valence-corrected chi connectivity index (χ4v) is 4.61. The number of nitrogens with one attached hydrogen (secondary N) is 2. The summed E-state index contributed by atoms with van der Waals surface area (Å²) in [5, 5.41) is 9.27. The van der Waals surface area contributed by atoms with Crippen LogP contribution in [0.4, 0.5) is 11.5 Å². The number of methoxy groups -OCH3 is 1. The van der Waals surface area contributed by atoms with E-state index in [4.69, 9.17) is 21.1 Å². The van der Waals surface area contributed by atoms with Gasteiger partial charge in [-0.25, -0.2) is 12.7 Å². The summed E-state index contributed by atoms with van der Waals surface area (Å²) in [6.07, 6.45) is 1.50. The largest absolute Gasteiger partial charge is 0.495 e. The predicted octanol–water partition coefficient (Wildman–Crippen LogP) is 2.87. The molecule has 4 rings (SSSR count). The maximum Gasteiger partial charge on any atom is 0.270 e. The van der Waals surface area contributed by atoms with Gasteiger partial charge in [0.2, 0.25) is 0 Å². The Morgan fingerprint density at radius 3 is 2.83 bits per heavy atom. The van der Waals surface area contributed by atoms with E-state index in [1.807, 2.05) is 0 Å². The molecule has 0 atom stereocenters. The van der Waals surface area contributed by atoms with E-state index >= 15 is 0 Å². The van der Waals surface area contributed by atoms with Gasteiger partial charge in [-0.15, -0.1) is 0 Å². The third-order valence-electron chi connectivity index (χ3n) is 4.27. The van der Waals surface area contributed by atoms with Crippen LogP contribution in [-0.4, -0.2) is 38.4 Å². The van der Waals surface area contributed by atoms with Crippen molar-refractivity contribution in [1.82, 2.24) is 10.2 Å². The monoisotopic (exact) mass is 434 g/mol. The first-order chi connectivity index (χ1) is 13.9. The number of carbonyl (C=O) groups excluding carboxylic acids is 1. The lowest BCUT2D eigenvalue weighted by Gasteiger charge is -2.19. The molecule has 0 aliphatic carbocycles. The maximum atomic E-state index is 13.3. The third kappa shape index (κ3) is 3.47. The number of carbonyl (C=O) groups is 1. The first kappa shape index (κ1) is 19.1. The Labute approximate surface area is 171 Å². The van der Waals surface area contributed by atoms with Crippen LogP contribution in [-0.2, 0) is 10.0 Å². The third-order valence-corrected chi connectivity index (χ3v) is 6.26. The number of sulfonamides is 1. The van der Waals surface area contributed by atoms with Gasteiger partial charge in [0.05, 0.1) is 19.0 Å². The average molecular weight is 435 g/mol. The Bertz CT molecular complexity index is 1180. The van der Waals surface area contributed by atoms with Crippen LogP contribution in [0, 0.1) is 0 Å². The quantitative estimate of drug-likeness (QED) is 0.638. The van der Waals surface area contributed by atoms with Crippen LogP contribution in [0.5, 0.6) is 11.5 Å². The van der Waals surface area contributed by atoms with Gasteiger partial charge in [-0.05, 0) is 36.4 Å². The van der Waals surface area contributed by atoms with Crippen LogP contribution in [0.2, 0.25) is 5.02 Å². The SMILES string of the molecule is COc1ccc(Cl)cc1S(=O)(=O)N1COc2ccc(C(=O)Nc3ccn[nH]3)cc21. The minimum Gasteiger partial charge on any atom is -0.495 e. The summed E-state index contributed by atoms with van der Waals surface area (Å²) in [7, 11) is -2.69. The normalized spacial score (nSPS) is 13.0. The highest BCUT2D eigenvalue weighted by molar-refractivity contribution is 7.93. The summed E-state index contributed by atoms with van der Waals surface area (Å²) in [5.74, 6) is 0.477. The molecule has 0 fully saturated rings. The zero-order valence-electron chi connectivity index (χ0n) is 15.0. The fourth-order valence-electron chi connectivity index (χ4n) is 2.86. The number of H-pyrrole nitrogens is 1. The fraction of sp³-hybridized carbons (Fsp3) is 0.111. The van der Waals surface area contributed by atoms with Crippen molar-refractivity contribution in [2.45, 2.75) is 4.90 Å². The van der Waals surface area contributed by atoms with Gasteiger partial charge in [-0.1, -0.05) is 11.6 Å². The number of nitrogens with zero attached hydrogens (tertiary/aromatic N) is 2. The number of aromatic nitrogens is 2. The molecular weight excluding hydrogens is 420 g/mol. The Balaban J connectivity index is 1.71. The molecule has 0 unspecified atom stereocenters. The van der Waals surface area contributed by atoms with Gasteiger partial charge < -0.3 is 14.8 Å². The molecule has 9 nitrogen and oxygen atoms in total. The Hall–Kier alpha value is -3.24. The van der Waals surface area contributed by atoms with Crippen molar-refractivity contribution < 1.29 is 22.7 Å². The highest BCUT2D eigenvalue weighted by Crippen LogP contribution is 2.40. The molecule has 0 bridgehead atoms. The average Bonchev–Trinajstić information content (AvgIpc) is 3.37. The number of amides is 1. The van der Waals surface area contributed by atoms with E-state index in [-0.39, 0.29) is 33.6 Å². The second kappa shape index (κ2) is 7.30. The number of fused-ring (bicyclic) bond motifs is 1. The van der Waals surface area contributed by atoms with Crippen molar-refractivity contribution in [2.75, 3.05) is 23.5 Å². The van der Waals surface area contributed by atoms with Gasteiger partial charge in [0.15, 0.2) is 6.73 Å². The number of ether oxygens (including phenoxy) is 2. The molecule has 1 amide bonds. The smallest absolute Gasteiger partial charge is 0.270 e. The number of halogens is 1. The Morgan fingerprint density at radius 1 is 1.28 bits per heavy atom. The Kier molecular flexibility index (Phi) is 4.81. The minimum absolute atomic E-state index is 0.101. The van der Waals surface area contributed by atoms with Gasteiger partial charge in [0.1, 0.15) is 22.2 Å². The highest BCUT2D eigenvalue weighted by atomic mass is 35.5. The molecule has 1 aliphatic rings. The molecule has 0 saturated heterocycles. The standard InChI is InChI=1S/C18H15ClN4O5S/c1-27-15-5-3-12(19)9-16(15)29(25,26)23-10-28-14-4-2-11(8-13(14)23)18(24)21-17-6-7-20-22-17/h2-9H,10H2,1H3,(H2,20,21,22,24). The number of hydrogen-bond donors (Lipinski definition) is 2. The molecule has 0 saturated carbocycles. The lowest BCUT2D eigenvalue weighted by atomic mass is 10.2. The van der Waals surface area contributed by atoms with Gasteiger partial charge in [0, 0.05) is 16.7 Å². The van der Waals surface area contributed by atoms with Crippen LogP contribution in [0.3, 0.4) is 0 Å². The minimum atomic E-state index is -4.06. The topological polar surface area (TPSA) is 114 Å². The van der Waals surface area contributed by atoms with E-state index in [0.29, 0.717) is 11.6 Å². The van der Waals surface area contributed by atoms with Gasteiger partial charge >= 0.3 is 0 Å². The van der Waals surface area contributed by atoms with E-state index in [2.05, 4.69) is 15.5 Å². The molecule has 11 heteroatoms. The first-order valence-electron chi connectivity index (χ1n) is 8.34. The van der Waals surface area contributed by atoms with Crippen LogP contribution in [0.1, 0.15) is 10.4 Å². The van der Waals surface area contributed by atoms with Crippen LogP contribution in [0.25, 0.3) is 0 Å². The number of hydrogen-bond acceptors (Lipinski definition) is 6. The summed E-state index contributed by atoms with van der Waals surface area (Å²) in [6, 6.07) is 10.4. The molecule has 0 radical (unpaired) electrons. The van der Waals surface area contributed by atoms with Crippen LogP contribution < -0.4 is 19.1 Å². The second-order valence-corrected chi connectivity index (χ2v) is 8.30. The van der Waals surface area contributed by atoms with E-state index < -0.39 is 15.9 Å². The number of benzene rings is 2. The molecule has 1 aliphatic heterocycles. The van der Waals surface area contributed by atoms with Crippen molar-refractivity contribution in [1.29, 1.82) is 0 Å². The summed E-state index contributed by atoms with van der Waals surface area (Å²) in [5.41, 5.74) is 0.492. The molecule has 0 spiro atoms. The zero-order valence-corrected chi connectivity index (χ0v) is 16.6. The number of aromatic amines is 1. The lowest BCUT2D eigenvalue weighted by molar-refractivity contribution is 0.102. The molecule has 2 aromatic carbocycles. The summed E-state index contributed by atoms with van der Waals surface area (Å²) in [6.45, 7) is -0.237. The van der Waals surface area contributed by atoms with Crippen molar-refractivity contribution in [3.63, 3.8) is 0 Å². The predicted molar refractivity (Wildman–Crippen MR) is 106 cm³/mol. The lowest BCUT2D eigenvalue weighted by Crippen LogP contribution is -2.30.